The maximum Gasteiger partial charge on any atom is 0.254 e. The lowest BCUT2D eigenvalue weighted by Gasteiger charge is -2.06. The van der Waals surface area contributed by atoms with Crippen LogP contribution in [0, 0.1) is 0 Å². The molecule has 1 aliphatic rings. The fraction of sp³-hybridized carbons (Fsp3) is 1.00. The van der Waals surface area contributed by atoms with Gasteiger partial charge in [-0.05, 0) is 12.8 Å². The summed E-state index contributed by atoms with van der Waals surface area (Å²) in [6.45, 7) is 0. The van der Waals surface area contributed by atoms with Crippen LogP contribution in [0.25, 0.3) is 0 Å². The Balaban J connectivity index is 3.15. The van der Waals surface area contributed by atoms with Crippen molar-refractivity contribution in [2.75, 3.05) is 11.5 Å². The normalized spacial score (nSPS) is 29.4. The van der Waals surface area contributed by atoms with Gasteiger partial charge in [0.15, 0.2) is 0 Å². The molecule has 0 aliphatic carbocycles. The fourth-order valence-corrected chi connectivity index (χ4v) is 4.14. The van der Waals surface area contributed by atoms with E-state index in [4.69, 9.17) is 0 Å². The van der Waals surface area contributed by atoms with Crippen LogP contribution in [0.1, 0.15) is 12.8 Å². The van der Waals surface area contributed by atoms with Gasteiger partial charge in [-0.1, -0.05) is 0 Å². The minimum atomic E-state index is -4.23. The molecule has 1 rings (SSSR count). The van der Waals surface area contributed by atoms with Crippen molar-refractivity contribution < 1.29 is 21.3 Å². The molecule has 0 atom stereocenters. The average Bonchev–Trinajstić information content (AvgIpc) is 2.02. The molecule has 0 radical (unpaired) electrons. The van der Waals surface area contributed by atoms with Crippen LogP contribution in [0.4, 0.5) is 4.48 Å². The van der Waals surface area contributed by atoms with E-state index >= 15 is 0 Å². The van der Waals surface area contributed by atoms with Crippen molar-refractivity contribution >= 4 is 20.0 Å². The second kappa shape index (κ2) is 2.93. The van der Waals surface area contributed by atoms with Crippen LogP contribution in [0.3, 0.4) is 0 Å². The van der Waals surface area contributed by atoms with Crippen LogP contribution in [-0.4, -0.2) is 32.3 Å². The van der Waals surface area contributed by atoms with E-state index in [-0.39, 0.29) is 12.8 Å². The van der Waals surface area contributed by atoms with Crippen LogP contribution in [0.15, 0.2) is 0 Å². The standard InChI is InChI=1S/C4H8FNO4S2/c5-6-11(7,8)3-1-2-4-12(6,9)10/h1-4H2. The SMILES string of the molecule is O=S1(=O)CCCCS(=O)(=O)N1F. The topological polar surface area (TPSA) is 71.5 Å². The molecule has 1 aliphatic heterocycles. The fourth-order valence-electron chi connectivity index (χ4n) is 0.885. The number of hydrogen-bond acceptors (Lipinski definition) is 4. The van der Waals surface area contributed by atoms with Crippen molar-refractivity contribution in [1.29, 1.82) is 0 Å². The minimum absolute atomic E-state index is 0.183. The quantitative estimate of drug-likeness (QED) is 0.519. The molecule has 0 spiro atoms. The van der Waals surface area contributed by atoms with Crippen LogP contribution in [-0.2, 0) is 20.0 Å². The molecule has 0 aromatic heterocycles. The smallest absolute Gasteiger partial charge is 0.209 e. The van der Waals surface area contributed by atoms with Crippen molar-refractivity contribution in [3.63, 3.8) is 0 Å². The van der Waals surface area contributed by atoms with Gasteiger partial charge in [0.25, 0.3) is 20.0 Å². The molecule has 0 N–H and O–H groups in total. The zero-order valence-electron chi connectivity index (χ0n) is 6.10. The Morgan fingerprint density at radius 2 is 1.25 bits per heavy atom. The molecule has 72 valence electrons. The van der Waals surface area contributed by atoms with Gasteiger partial charge in [0.2, 0.25) is 0 Å². The van der Waals surface area contributed by atoms with Gasteiger partial charge in [0.1, 0.15) is 0 Å². The molecule has 0 aromatic rings. The molecule has 1 saturated heterocycles. The van der Waals surface area contributed by atoms with Gasteiger partial charge in [-0.2, -0.15) is 0 Å². The van der Waals surface area contributed by atoms with Gasteiger partial charge in [-0.3, -0.25) is 0 Å². The van der Waals surface area contributed by atoms with E-state index in [9.17, 15) is 21.3 Å². The monoisotopic (exact) mass is 217 g/mol. The lowest BCUT2D eigenvalue weighted by Crippen LogP contribution is -2.30. The summed E-state index contributed by atoms with van der Waals surface area (Å²) in [5.74, 6) is -0.883. The maximum absolute atomic E-state index is 12.7. The first-order valence-electron chi connectivity index (χ1n) is 3.28. The summed E-state index contributed by atoms with van der Waals surface area (Å²) in [6.07, 6.45) is 0.365. The molecule has 0 unspecified atom stereocenters. The summed E-state index contributed by atoms with van der Waals surface area (Å²) in [6, 6.07) is 0. The first kappa shape index (κ1) is 9.87. The van der Waals surface area contributed by atoms with Crippen LogP contribution < -0.4 is 0 Å². The lowest BCUT2D eigenvalue weighted by atomic mass is 10.4. The van der Waals surface area contributed by atoms with E-state index in [1.807, 2.05) is 0 Å². The summed E-state index contributed by atoms with van der Waals surface area (Å²) in [5.41, 5.74) is 0. The van der Waals surface area contributed by atoms with Gasteiger partial charge < -0.3 is 0 Å². The number of rotatable bonds is 0. The summed E-state index contributed by atoms with van der Waals surface area (Å²) in [5, 5.41) is 0. The number of sulfonamides is 2. The van der Waals surface area contributed by atoms with Crippen molar-refractivity contribution in [2.45, 2.75) is 12.8 Å². The summed E-state index contributed by atoms with van der Waals surface area (Å²) in [4.78, 5) is 0. The number of nitrogens with zero attached hydrogens (tertiary/aromatic N) is 1. The minimum Gasteiger partial charge on any atom is -0.209 e. The molecule has 0 saturated carbocycles. The highest BCUT2D eigenvalue weighted by Crippen LogP contribution is 2.17. The van der Waals surface area contributed by atoms with Crippen molar-refractivity contribution in [1.82, 2.24) is 3.93 Å². The molecule has 1 heterocycles. The average molecular weight is 217 g/mol. The van der Waals surface area contributed by atoms with E-state index in [2.05, 4.69) is 0 Å². The molecule has 8 heteroatoms. The zero-order valence-corrected chi connectivity index (χ0v) is 7.74. The second-order valence-electron chi connectivity index (χ2n) is 2.49. The first-order chi connectivity index (χ1) is 5.36. The van der Waals surface area contributed by atoms with E-state index in [0.717, 1.165) is 0 Å². The second-order valence-corrected chi connectivity index (χ2v) is 6.51. The van der Waals surface area contributed by atoms with Crippen molar-refractivity contribution in [2.24, 2.45) is 0 Å². The van der Waals surface area contributed by atoms with E-state index in [1.54, 1.807) is 0 Å². The third-order valence-corrected chi connectivity index (χ3v) is 5.34. The first-order valence-corrected chi connectivity index (χ1v) is 6.50. The predicted octanol–water partition coefficient (Wildman–Crippen LogP) is -0.374. The lowest BCUT2D eigenvalue weighted by molar-refractivity contribution is 0.252. The Hall–Kier alpha value is -0.210. The van der Waals surface area contributed by atoms with Gasteiger partial charge in [0.05, 0.1) is 15.4 Å². The molecule has 0 bridgehead atoms. The Bertz CT molecular complexity index is 323. The molecule has 12 heavy (non-hydrogen) atoms. The maximum atomic E-state index is 12.7. The highest BCUT2D eigenvalue weighted by atomic mass is 32.3. The highest BCUT2D eigenvalue weighted by Gasteiger charge is 2.36. The Kier molecular flexibility index (Phi) is 2.41. The van der Waals surface area contributed by atoms with E-state index in [1.165, 1.54) is 0 Å². The van der Waals surface area contributed by atoms with Crippen molar-refractivity contribution in [3.05, 3.63) is 0 Å². The van der Waals surface area contributed by atoms with Crippen molar-refractivity contribution in [3.8, 4) is 0 Å². The Morgan fingerprint density at radius 3 is 1.58 bits per heavy atom. The summed E-state index contributed by atoms with van der Waals surface area (Å²) >= 11 is 0. The van der Waals surface area contributed by atoms with Gasteiger partial charge in [0, 0.05) is 0 Å². The van der Waals surface area contributed by atoms with Gasteiger partial charge in [-0.25, -0.2) is 16.8 Å². The molecular formula is C4H8FNO4S2. The van der Waals surface area contributed by atoms with Crippen LogP contribution >= 0.6 is 0 Å². The molecule has 0 amide bonds. The Labute approximate surface area is 70.2 Å². The van der Waals surface area contributed by atoms with E-state index < -0.39 is 35.5 Å². The number of halogens is 1. The Morgan fingerprint density at radius 1 is 0.917 bits per heavy atom. The largest absolute Gasteiger partial charge is 0.254 e. The van der Waals surface area contributed by atoms with Crippen LogP contribution in [0.5, 0.6) is 0 Å². The predicted molar refractivity (Wildman–Crippen MR) is 39.8 cm³/mol. The number of hydrogen-bond donors (Lipinski definition) is 0. The molecule has 1 fully saturated rings. The van der Waals surface area contributed by atoms with Crippen LogP contribution in [0.2, 0.25) is 0 Å². The van der Waals surface area contributed by atoms with Gasteiger partial charge in [-0.15, -0.1) is 4.48 Å². The molecule has 0 aromatic carbocycles. The molecule has 5 nitrogen and oxygen atoms in total. The van der Waals surface area contributed by atoms with E-state index in [0.29, 0.717) is 0 Å². The van der Waals surface area contributed by atoms with Gasteiger partial charge >= 0.3 is 0 Å². The third-order valence-electron chi connectivity index (χ3n) is 1.49. The zero-order chi connectivity index (χ0) is 9.41. The highest BCUT2D eigenvalue weighted by molar-refractivity contribution is 8.03. The summed E-state index contributed by atoms with van der Waals surface area (Å²) in [7, 11) is -8.45. The molecular weight excluding hydrogens is 209 g/mol. The third kappa shape index (κ3) is 1.75. The summed E-state index contributed by atoms with van der Waals surface area (Å²) < 4.78 is 54.8.